The van der Waals surface area contributed by atoms with E-state index in [0.717, 1.165) is 5.75 Å². The van der Waals surface area contributed by atoms with Gasteiger partial charge in [0.2, 0.25) is 0 Å². The number of ether oxygens (including phenoxy) is 3. The van der Waals surface area contributed by atoms with Crippen molar-refractivity contribution in [3.05, 3.63) is 29.3 Å². The number of rotatable bonds is 7. The van der Waals surface area contributed by atoms with Gasteiger partial charge in [0, 0.05) is 13.2 Å². The van der Waals surface area contributed by atoms with E-state index in [4.69, 9.17) is 14.2 Å². The van der Waals surface area contributed by atoms with Crippen LogP contribution in [0.5, 0.6) is 5.75 Å². The molecule has 0 atom stereocenters. The zero-order valence-corrected chi connectivity index (χ0v) is 11.2. The Morgan fingerprint density at radius 3 is 2.18 bits per heavy atom. The number of benzene rings is 1. The molecule has 0 aliphatic carbocycles. The molecule has 17 heavy (non-hydrogen) atoms. The lowest BCUT2D eigenvalue weighted by atomic mass is 10.1. The van der Waals surface area contributed by atoms with Crippen molar-refractivity contribution in [2.24, 2.45) is 0 Å². The van der Waals surface area contributed by atoms with E-state index in [-0.39, 0.29) is 6.29 Å². The maximum atomic E-state index is 5.66. The molecule has 1 aromatic carbocycles. The van der Waals surface area contributed by atoms with Crippen LogP contribution >= 0.6 is 0 Å². The molecule has 0 radical (unpaired) electrons. The smallest absolute Gasteiger partial charge is 0.191 e. The minimum Gasteiger partial charge on any atom is -0.488 e. The Kier molecular flexibility index (Phi) is 6.01. The molecule has 0 bridgehead atoms. The van der Waals surface area contributed by atoms with Crippen molar-refractivity contribution in [3.63, 3.8) is 0 Å². The monoisotopic (exact) mass is 238 g/mol. The van der Waals surface area contributed by atoms with Crippen LogP contribution in [0, 0.1) is 13.8 Å². The fraction of sp³-hybridized carbons (Fsp3) is 0.571. The molecule has 0 aliphatic rings. The van der Waals surface area contributed by atoms with Crippen LogP contribution in [0.2, 0.25) is 0 Å². The largest absolute Gasteiger partial charge is 0.488 e. The van der Waals surface area contributed by atoms with Gasteiger partial charge in [-0.3, -0.25) is 0 Å². The van der Waals surface area contributed by atoms with Crippen LogP contribution in [0.4, 0.5) is 0 Å². The van der Waals surface area contributed by atoms with Crippen LogP contribution in [-0.4, -0.2) is 26.1 Å². The van der Waals surface area contributed by atoms with Gasteiger partial charge in [-0.25, -0.2) is 0 Å². The van der Waals surface area contributed by atoms with Crippen LogP contribution in [0.25, 0.3) is 0 Å². The van der Waals surface area contributed by atoms with E-state index in [1.54, 1.807) is 0 Å². The summed E-state index contributed by atoms with van der Waals surface area (Å²) in [6, 6.07) is 6.06. The molecule has 0 fully saturated rings. The van der Waals surface area contributed by atoms with Crippen molar-refractivity contribution in [3.8, 4) is 5.75 Å². The minimum absolute atomic E-state index is 0.286. The summed E-state index contributed by atoms with van der Waals surface area (Å²) < 4.78 is 16.5. The number of hydrogen-bond acceptors (Lipinski definition) is 3. The third-order valence-electron chi connectivity index (χ3n) is 2.57. The molecule has 0 aromatic heterocycles. The number of aryl methyl sites for hydroxylation is 2. The van der Waals surface area contributed by atoms with Gasteiger partial charge in [0.1, 0.15) is 12.4 Å². The molecule has 0 amide bonds. The standard InChI is InChI=1S/C14H22O3/c1-5-15-14(16-6-2)10-17-13-8-7-11(3)12(4)9-13/h7-9,14H,5-6,10H2,1-4H3. The maximum Gasteiger partial charge on any atom is 0.191 e. The molecule has 0 spiro atoms. The second kappa shape index (κ2) is 7.30. The van der Waals surface area contributed by atoms with E-state index in [9.17, 15) is 0 Å². The summed E-state index contributed by atoms with van der Waals surface area (Å²) in [7, 11) is 0. The average molecular weight is 238 g/mol. The van der Waals surface area contributed by atoms with Crippen molar-refractivity contribution in [2.75, 3.05) is 19.8 Å². The molecule has 0 heterocycles. The SMILES string of the molecule is CCOC(COc1ccc(C)c(C)c1)OCC. The van der Waals surface area contributed by atoms with Crippen LogP contribution < -0.4 is 4.74 Å². The molecule has 0 saturated carbocycles. The summed E-state index contributed by atoms with van der Waals surface area (Å²) in [6.07, 6.45) is -0.286. The van der Waals surface area contributed by atoms with Crippen molar-refractivity contribution in [1.82, 2.24) is 0 Å². The molecule has 1 rings (SSSR count). The zero-order valence-electron chi connectivity index (χ0n) is 11.2. The lowest BCUT2D eigenvalue weighted by Gasteiger charge is -2.17. The third kappa shape index (κ3) is 4.75. The predicted molar refractivity (Wildman–Crippen MR) is 68.5 cm³/mol. The van der Waals surface area contributed by atoms with Gasteiger partial charge < -0.3 is 14.2 Å². The highest BCUT2D eigenvalue weighted by molar-refractivity contribution is 5.33. The first-order chi connectivity index (χ1) is 8.17. The normalized spacial score (nSPS) is 10.9. The molecule has 0 aliphatic heterocycles. The van der Waals surface area contributed by atoms with Crippen LogP contribution in [0.3, 0.4) is 0 Å². The Hall–Kier alpha value is -1.06. The second-order valence-corrected chi connectivity index (χ2v) is 3.90. The third-order valence-corrected chi connectivity index (χ3v) is 2.57. The van der Waals surface area contributed by atoms with Gasteiger partial charge in [-0.2, -0.15) is 0 Å². The molecule has 3 nitrogen and oxygen atoms in total. The van der Waals surface area contributed by atoms with Gasteiger partial charge in [0.25, 0.3) is 0 Å². The average Bonchev–Trinajstić information content (AvgIpc) is 2.31. The van der Waals surface area contributed by atoms with Gasteiger partial charge >= 0.3 is 0 Å². The molecule has 1 aromatic rings. The van der Waals surface area contributed by atoms with Gasteiger partial charge in [0.05, 0.1) is 0 Å². The van der Waals surface area contributed by atoms with Gasteiger partial charge in [0.15, 0.2) is 6.29 Å². The fourth-order valence-corrected chi connectivity index (χ4v) is 1.48. The Labute approximate surface area is 104 Å². The summed E-state index contributed by atoms with van der Waals surface area (Å²) in [5.74, 6) is 0.859. The van der Waals surface area contributed by atoms with E-state index in [1.807, 2.05) is 26.0 Å². The maximum absolute atomic E-state index is 5.66. The molecule has 0 saturated heterocycles. The Morgan fingerprint density at radius 2 is 1.65 bits per heavy atom. The van der Waals surface area contributed by atoms with E-state index < -0.39 is 0 Å². The topological polar surface area (TPSA) is 27.7 Å². The summed E-state index contributed by atoms with van der Waals surface area (Å²) in [5.41, 5.74) is 2.50. The van der Waals surface area contributed by atoms with Crippen LogP contribution in [0.1, 0.15) is 25.0 Å². The first-order valence-electron chi connectivity index (χ1n) is 6.10. The quantitative estimate of drug-likeness (QED) is 0.683. The lowest BCUT2D eigenvalue weighted by molar-refractivity contribution is -0.152. The first kappa shape index (κ1) is 14.0. The lowest BCUT2D eigenvalue weighted by Crippen LogP contribution is -2.25. The van der Waals surface area contributed by atoms with E-state index >= 15 is 0 Å². The zero-order chi connectivity index (χ0) is 12.7. The van der Waals surface area contributed by atoms with Crippen molar-refractivity contribution in [2.45, 2.75) is 34.0 Å². The highest BCUT2D eigenvalue weighted by atomic mass is 16.7. The summed E-state index contributed by atoms with van der Waals surface area (Å²) in [6.45, 7) is 9.73. The van der Waals surface area contributed by atoms with Gasteiger partial charge in [-0.15, -0.1) is 0 Å². The minimum atomic E-state index is -0.286. The van der Waals surface area contributed by atoms with Crippen LogP contribution in [-0.2, 0) is 9.47 Å². The molecule has 0 unspecified atom stereocenters. The predicted octanol–water partition coefficient (Wildman–Crippen LogP) is 3.08. The molecule has 0 N–H and O–H groups in total. The summed E-state index contributed by atoms with van der Waals surface area (Å²) in [5, 5.41) is 0. The van der Waals surface area contributed by atoms with Crippen molar-refractivity contribution >= 4 is 0 Å². The van der Waals surface area contributed by atoms with Crippen molar-refractivity contribution < 1.29 is 14.2 Å². The van der Waals surface area contributed by atoms with E-state index in [2.05, 4.69) is 19.9 Å². The van der Waals surface area contributed by atoms with Crippen LogP contribution in [0.15, 0.2) is 18.2 Å². The second-order valence-electron chi connectivity index (χ2n) is 3.90. The molecule has 3 heteroatoms. The summed E-state index contributed by atoms with van der Waals surface area (Å²) >= 11 is 0. The highest BCUT2D eigenvalue weighted by Crippen LogP contribution is 2.16. The van der Waals surface area contributed by atoms with Crippen molar-refractivity contribution in [1.29, 1.82) is 0 Å². The summed E-state index contributed by atoms with van der Waals surface area (Å²) in [4.78, 5) is 0. The van der Waals surface area contributed by atoms with E-state index in [1.165, 1.54) is 11.1 Å². The molecule has 96 valence electrons. The Bertz CT molecular complexity index is 330. The molecular weight excluding hydrogens is 216 g/mol. The highest BCUT2D eigenvalue weighted by Gasteiger charge is 2.08. The van der Waals surface area contributed by atoms with E-state index in [0.29, 0.717) is 19.8 Å². The van der Waals surface area contributed by atoms with Gasteiger partial charge in [-0.1, -0.05) is 6.07 Å². The number of hydrogen-bond donors (Lipinski definition) is 0. The Morgan fingerprint density at radius 1 is 1.00 bits per heavy atom. The fourth-order valence-electron chi connectivity index (χ4n) is 1.48. The first-order valence-corrected chi connectivity index (χ1v) is 6.10. The Balaban J connectivity index is 2.49. The van der Waals surface area contributed by atoms with Gasteiger partial charge in [-0.05, 0) is 51.0 Å². The molecular formula is C14H22O3.